The summed E-state index contributed by atoms with van der Waals surface area (Å²) < 4.78 is 3.66. The number of hydrogen-bond donors (Lipinski definition) is 0. The second-order valence-corrected chi connectivity index (χ2v) is 6.28. The third kappa shape index (κ3) is 2.75. The molecule has 1 aliphatic heterocycles. The molecule has 1 fully saturated rings. The minimum absolute atomic E-state index is 0.0513. The largest absolute Gasteiger partial charge is 0.352 e. The van der Waals surface area contributed by atoms with E-state index in [9.17, 15) is 4.79 Å². The van der Waals surface area contributed by atoms with Crippen LogP contribution in [0.2, 0.25) is 0 Å². The molecule has 0 aliphatic carbocycles. The molecule has 3 aromatic rings. The Bertz CT molecular complexity index is 952. The minimum Gasteiger partial charge on any atom is -0.352 e. The van der Waals surface area contributed by atoms with Crippen LogP contribution in [0.1, 0.15) is 6.92 Å². The van der Waals surface area contributed by atoms with Gasteiger partial charge in [0.15, 0.2) is 0 Å². The van der Waals surface area contributed by atoms with E-state index < -0.39 is 0 Å². The van der Waals surface area contributed by atoms with Crippen LogP contribution in [0, 0.1) is 0 Å². The summed E-state index contributed by atoms with van der Waals surface area (Å²) in [6, 6.07) is 11.6. The van der Waals surface area contributed by atoms with E-state index in [2.05, 4.69) is 32.6 Å². The third-order valence-corrected chi connectivity index (χ3v) is 4.80. The maximum Gasteiger partial charge on any atom is 0.266 e. The van der Waals surface area contributed by atoms with Crippen molar-refractivity contribution in [2.75, 3.05) is 36.0 Å². The average Bonchev–Trinajstić information content (AvgIpc) is 2.99. The van der Waals surface area contributed by atoms with E-state index in [1.54, 1.807) is 6.07 Å². The lowest BCUT2D eigenvalue weighted by molar-refractivity contribution is 0.583. The molecule has 0 atom stereocenters. The van der Waals surface area contributed by atoms with Gasteiger partial charge >= 0.3 is 0 Å². The quantitative estimate of drug-likeness (QED) is 0.724. The Hall–Kier alpha value is -2.83. The average molecular weight is 338 g/mol. The Kier molecular flexibility index (Phi) is 3.91. The number of hydrogen-bond acceptors (Lipinski definition) is 5. The van der Waals surface area contributed by atoms with E-state index in [0.29, 0.717) is 6.54 Å². The van der Waals surface area contributed by atoms with Crippen molar-refractivity contribution in [2.24, 2.45) is 7.05 Å². The van der Waals surface area contributed by atoms with Crippen molar-refractivity contribution in [3.8, 4) is 0 Å². The van der Waals surface area contributed by atoms with Crippen molar-refractivity contribution in [1.82, 2.24) is 19.3 Å². The van der Waals surface area contributed by atoms with E-state index in [-0.39, 0.29) is 5.56 Å². The molecule has 1 aromatic carbocycles. The van der Waals surface area contributed by atoms with Crippen LogP contribution in [0.25, 0.3) is 11.0 Å². The molecule has 1 saturated heterocycles. The highest BCUT2D eigenvalue weighted by atomic mass is 16.1. The van der Waals surface area contributed by atoms with Crippen molar-refractivity contribution < 1.29 is 0 Å². The minimum atomic E-state index is -0.0513. The van der Waals surface area contributed by atoms with Crippen LogP contribution in [-0.2, 0) is 13.6 Å². The molecule has 0 spiro atoms. The Balaban J connectivity index is 1.53. The maximum absolute atomic E-state index is 11.7. The molecule has 2 aromatic heterocycles. The van der Waals surface area contributed by atoms with E-state index >= 15 is 0 Å². The lowest BCUT2D eigenvalue weighted by Gasteiger charge is -2.35. The SMILES string of the molecule is CCn1nc(N2CCN(c3nc4ccccc4n3C)CC2)ccc1=O. The van der Waals surface area contributed by atoms with Gasteiger partial charge in [-0.15, -0.1) is 0 Å². The third-order valence-electron chi connectivity index (χ3n) is 4.80. The maximum atomic E-state index is 11.7. The van der Waals surface area contributed by atoms with Gasteiger partial charge in [-0.05, 0) is 25.1 Å². The molecular formula is C18H22N6O. The first-order valence-electron chi connectivity index (χ1n) is 8.67. The normalized spacial score (nSPS) is 15.1. The lowest BCUT2D eigenvalue weighted by Crippen LogP contribution is -2.48. The summed E-state index contributed by atoms with van der Waals surface area (Å²) in [7, 11) is 2.07. The summed E-state index contributed by atoms with van der Waals surface area (Å²) in [6.45, 7) is 6.00. The Morgan fingerprint density at radius 3 is 2.44 bits per heavy atom. The molecule has 0 unspecified atom stereocenters. The summed E-state index contributed by atoms with van der Waals surface area (Å²) in [5.41, 5.74) is 2.13. The second-order valence-electron chi connectivity index (χ2n) is 6.28. The first kappa shape index (κ1) is 15.7. The molecule has 0 radical (unpaired) electrons. The standard InChI is InChI=1S/C18H22N6O/c1-3-24-17(25)9-8-16(20-24)22-10-12-23(13-11-22)18-19-14-6-4-5-7-15(14)21(18)2/h4-9H,3,10-13H2,1-2H3. The van der Waals surface area contributed by atoms with Gasteiger partial charge in [-0.3, -0.25) is 4.79 Å². The molecule has 0 amide bonds. The summed E-state index contributed by atoms with van der Waals surface area (Å²) >= 11 is 0. The molecule has 0 N–H and O–H groups in total. The van der Waals surface area contributed by atoms with Gasteiger partial charge < -0.3 is 14.4 Å². The molecule has 0 saturated carbocycles. The van der Waals surface area contributed by atoms with Crippen LogP contribution in [0.5, 0.6) is 0 Å². The summed E-state index contributed by atoms with van der Waals surface area (Å²) in [5.74, 6) is 1.87. The number of aromatic nitrogens is 4. The van der Waals surface area contributed by atoms with Gasteiger partial charge in [-0.2, -0.15) is 5.10 Å². The van der Waals surface area contributed by atoms with Crippen molar-refractivity contribution >= 4 is 22.8 Å². The number of piperazine rings is 1. The molecule has 3 heterocycles. The Morgan fingerprint density at radius 1 is 1.00 bits per heavy atom. The summed E-state index contributed by atoms with van der Waals surface area (Å²) in [4.78, 5) is 21.0. The molecule has 1 aliphatic rings. The molecule has 0 bridgehead atoms. The van der Waals surface area contributed by atoms with Crippen molar-refractivity contribution in [3.05, 3.63) is 46.8 Å². The molecular weight excluding hydrogens is 316 g/mol. The molecule has 130 valence electrons. The van der Waals surface area contributed by atoms with Gasteiger partial charge in [-0.1, -0.05) is 12.1 Å². The van der Waals surface area contributed by atoms with Crippen LogP contribution in [0.3, 0.4) is 0 Å². The van der Waals surface area contributed by atoms with Gasteiger partial charge in [0.25, 0.3) is 5.56 Å². The number of para-hydroxylation sites is 2. The first-order valence-corrected chi connectivity index (χ1v) is 8.67. The number of nitrogens with zero attached hydrogens (tertiary/aromatic N) is 6. The topological polar surface area (TPSA) is 59.2 Å². The fourth-order valence-electron chi connectivity index (χ4n) is 3.38. The number of benzene rings is 1. The first-order chi connectivity index (χ1) is 12.2. The number of anilines is 2. The zero-order valence-electron chi connectivity index (χ0n) is 14.6. The zero-order valence-corrected chi connectivity index (χ0v) is 14.6. The van der Waals surface area contributed by atoms with Crippen LogP contribution in [0.15, 0.2) is 41.2 Å². The smallest absolute Gasteiger partial charge is 0.266 e. The number of imidazole rings is 1. The van der Waals surface area contributed by atoms with Crippen molar-refractivity contribution in [2.45, 2.75) is 13.5 Å². The number of fused-ring (bicyclic) bond motifs is 1. The monoisotopic (exact) mass is 338 g/mol. The van der Waals surface area contributed by atoms with Crippen LogP contribution in [-0.4, -0.2) is 45.5 Å². The van der Waals surface area contributed by atoms with Gasteiger partial charge in [0.2, 0.25) is 5.95 Å². The fraction of sp³-hybridized carbons (Fsp3) is 0.389. The van der Waals surface area contributed by atoms with E-state index in [1.807, 2.05) is 31.2 Å². The number of rotatable bonds is 3. The van der Waals surface area contributed by atoms with Gasteiger partial charge in [-0.25, -0.2) is 9.67 Å². The van der Waals surface area contributed by atoms with Gasteiger partial charge in [0.1, 0.15) is 5.82 Å². The highest BCUT2D eigenvalue weighted by Gasteiger charge is 2.22. The Morgan fingerprint density at radius 2 is 1.72 bits per heavy atom. The van der Waals surface area contributed by atoms with Crippen molar-refractivity contribution in [1.29, 1.82) is 0 Å². The summed E-state index contributed by atoms with van der Waals surface area (Å²) in [6.07, 6.45) is 0. The highest BCUT2D eigenvalue weighted by molar-refractivity contribution is 5.78. The van der Waals surface area contributed by atoms with E-state index in [4.69, 9.17) is 4.98 Å². The predicted molar refractivity (Wildman–Crippen MR) is 99.3 cm³/mol. The summed E-state index contributed by atoms with van der Waals surface area (Å²) in [5, 5.41) is 4.46. The van der Waals surface area contributed by atoms with Crippen LogP contribution < -0.4 is 15.4 Å². The van der Waals surface area contributed by atoms with E-state index in [1.165, 1.54) is 4.68 Å². The van der Waals surface area contributed by atoms with E-state index in [0.717, 1.165) is 49.0 Å². The fourth-order valence-corrected chi connectivity index (χ4v) is 3.38. The van der Waals surface area contributed by atoms with Gasteiger partial charge in [0.05, 0.1) is 11.0 Å². The molecule has 7 nitrogen and oxygen atoms in total. The number of aryl methyl sites for hydroxylation is 2. The molecule has 7 heteroatoms. The highest BCUT2D eigenvalue weighted by Crippen LogP contribution is 2.22. The lowest BCUT2D eigenvalue weighted by atomic mass is 10.3. The second kappa shape index (κ2) is 6.23. The van der Waals surface area contributed by atoms with Crippen molar-refractivity contribution in [3.63, 3.8) is 0 Å². The zero-order chi connectivity index (χ0) is 17.4. The van der Waals surface area contributed by atoms with Crippen LogP contribution >= 0.6 is 0 Å². The predicted octanol–water partition coefficient (Wildman–Crippen LogP) is 1.48. The Labute approximate surface area is 146 Å². The van der Waals surface area contributed by atoms with Crippen LogP contribution in [0.4, 0.5) is 11.8 Å². The molecule has 25 heavy (non-hydrogen) atoms. The molecule has 4 rings (SSSR count). The van der Waals surface area contributed by atoms with Gasteiger partial charge in [0, 0.05) is 45.8 Å².